The Morgan fingerprint density at radius 2 is 1.65 bits per heavy atom. The molecule has 3 rings (SSSR count). The smallest absolute Gasteiger partial charge is 0.255 e. The minimum atomic E-state index is -0.109. The van der Waals surface area contributed by atoms with E-state index in [0.717, 1.165) is 16.6 Å². The van der Waals surface area contributed by atoms with Gasteiger partial charge < -0.3 is 5.32 Å². The van der Waals surface area contributed by atoms with Crippen LogP contribution in [-0.2, 0) is 5.41 Å². The van der Waals surface area contributed by atoms with E-state index in [1.54, 1.807) is 6.20 Å². The average molecular weight is 304 g/mol. The molecule has 1 aromatic heterocycles. The van der Waals surface area contributed by atoms with Gasteiger partial charge in [-0.25, -0.2) is 0 Å². The predicted octanol–water partition coefficient (Wildman–Crippen LogP) is 4.78. The van der Waals surface area contributed by atoms with Crippen LogP contribution in [-0.4, -0.2) is 10.9 Å². The van der Waals surface area contributed by atoms with Crippen molar-refractivity contribution in [1.29, 1.82) is 0 Å². The molecule has 3 heteroatoms. The second kappa shape index (κ2) is 5.84. The molecule has 0 saturated carbocycles. The van der Waals surface area contributed by atoms with Crippen LogP contribution in [0.5, 0.6) is 0 Å². The molecule has 0 fully saturated rings. The number of nitrogens with zero attached hydrogens (tertiary/aromatic N) is 1. The zero-order valence-electron chi connectivity index (χ0n) is 13.6. The van der Waals surface area contributed by atoms with E-state index in [2.05, 4.69) is 31.1 Å². The minimum absolute atomic E-state index is 0.0797. The highest BCUT2D eigenvalue weighted by Gasteiger charge is 2.14. The normalized spacial score (nSPS) is 11.4. The number of benzene rings is 2. The molecular weight excluding hydrogens is 284 g/mol. The Kier molecular flexibility index (Phi) is 3.87. The van der Waals surface area contributed by atoms with Gasteiger partial charge in [-0.05, 0) is 35.2 Å². The van der Waals surface area contributed by atoms with Crippen LogP contribution in [0.15, 0.2) is 60.8 Å². The van der Waals surface area contributed by atoms with E-state index in [1.807, 2.05) is 54.6 Å². The Hall–Kier alpha value is -2.68. The lowest BCUT2D eigenvalue weighted by molar-refractivity contribution is 0.102. The van der Waals surface area contributed by atoms with Gasteiger partial charge in [0.1, 0.15) is 0 Å². The molecular formula is C20H20N2O. The molecule has 1 amide bonds. The number of amides is 1. The number of fused-ring (bicyclic) bond motifs is 1. The van der Waals surface area contributed by atoms with Crippen LogP contribution in [0.4, 0.5) is 5.69 Å². The van der Waals surface area contributed by atoms with E-state index in [0.29, 0.717) is 5.56 Å². The Balaban J connectivity index is 1.86. The number of para-hydroxylation sites is 1. The molecule has 0 spiro atoms. The number of nitrogens with one attached hydrogen (secondary N) is 1. The summed E-state index contributed by atoms with van der Waals surface area (Å²) in [5.41, 5.74) is 3.59. The van der Waals surface area contributed by atoms with Crippen LogP contribution in [0.3, 0.4) is 0 Å². The van der Waals surface area contributed by atoms with Crippen LogP contribution >= 0.6 is 0 Å². The molecule has 2 aromatic carbocycles. The zero-order valence-corrected chi connectivity index (χ0v) is 13.6. The van der Waals surface area contributed by atoms with Crippen LogP contribution in [0.1, 0.15) is 36.7 Å². The first kappa shape index (κ1) is 15.2. The van der Waals surface area contributed by atoms with E-state index >= 15 is 0 Å². The number of anilines is 1. The van der Waals surface area contributed by atoms with E-state index in [1.165, 1.54) is 5.56 Å². The molecule has 23 heavy (non-hydrogen) atoms. The van der Waals surface area contributed by atoms with Gasteiger partial charge in [-0.2, -0.15) is 0 Å². The Bertz CT molecular complexity index is 840. The summed E-state index contributed by atoms with van der Waals surface area (Å²) in [4.78, 5) is 16.8. The largest absolute Gasteiger partial charge is 0.321 e. The maximum absolute atomic E-state index is 12.5. The fourth-order valence-electron chi connectivity index (χ4n) is 2.52. The third-order valence-electron chi connectivity index (χ3n) is 3.91. The van der Waals surface area contributed by atoms with E-state index in [4.69, 9.17) is 0 Å². The number of rotatable bonds is 2. The van der Waals surface area contributed by atoms with Gasteiger partial charge in [0.05, 0.1) is 11.2 Å². The summed E-state index contributed by atoms with van der Waals surface area (Å²) in [6.45, 7) is 6.47. The van der Waals surface area contributed by atoms with Gasteiger partial charge in [-0.1, -0.05) is 51.1 Å². The monoisotopic (exact) mass is 304 g/mol. The molecule has 0 atom stereocenters. The first-order valence-corrected chi connectivity index (χ1v) is 7.71. The van der Waals surface area contributed by atoms with Gasteiger partial charge in [0.2, 0.25) is 0 Å². The van der Waals surface area contributed by atoms with Gasteiger partial charge in [0.15, 0.2) is 0 Å². The molecule has 3 aromatic rings. The average Bonchev–Trinajstić information content (AvgIpc) is 2.54. The van der Waals surface area contributed by atoms with Crippen LogP contribution < -0.4 is 5.32 Å². The van der Waals surface area contributed by atoms with E-state index in [9.17, 15) is 4.79 Å². The topological polar surface area (TPSA) is 42.0 Å². The summed E-state index contributed by atoms with van der Waals surface area (Å²) in [5, 5.41) is 3.92. The van der Waals surface area contributed by atoms with Crippen molar-refractivity contribution in [1.82, 2.24) is 4.98 Å². The van der Waals surface area contributed by atoms with Crippen LogP contribution in [0.25, 0.3) is 10.9 Å². The fourth-order valence-corrected chi connectivity index (χ4v) is 2.52. The Labute approximate surface area is 136 Å². The molecule has 0 aliphatic carbocycles. The summed E-state index contributed by atoms with van der Waals surface area (Å²) in [5.74, 6) is -0.109. The van der Waals surface area contributed by atoms with Gasteiger partial charge in [0.25, 0.3) is 5.91 Å². The van der Waals surface area contributed by atoms with Gasteiger partial charge in [-0.15, -0.1) is 0 Å². The van der Waals surface area contributed by atoms with Gasteiger partial charge in [-0.3, -0.25) is 9.78 Å². The van der Waals surface area contributed by atoms with Crippen molar-refractivity contribution in [3.05, 3.63) is 71.9 Å². The summed E-state index contributed by atoms with van der Waals surface area (Å²) in [6.07, 6.45) is 1.71. The van der Waals surface area contributed by atoms with Crippen molar-refractivity contribution >= 4 is 22.5 Å². The summed E-state index contributed by atoms with van der Waals surface area (Å²) < 4.78 is 0. The number of hydrogen-bond acceptors (Lipinski definition) is 2. The maximum Gasteiger partial charge on any atom is 0.255 e. The Morgan fingerprint density at radius 3 is 2.35 bits per heavy atom. The number of carbonyl (C=O) groups is 1. The summed E-state index contributed by atoms with van der Waals surface area (Å²) in [7, 11) is 0. The molecule has 3 nitrogen and oxygen atoms in total. The third kappa shape index (κ3) is 3.24. The molecule has 0 aliphatic heterocycles. The first-order chi connectivity index (χ1) is 10.9. The fraction of sp³-hybridized carbons (Fsp3) is 0.200. The second-order valence-corrected chi connectivity index (χ2v) is 6.66. The number of carbonyl (C=O) groups excluding carboxylic acids is 1. The number of hydrogen-bond donors (Lipinski definition) is 1. The number of aromatic nitrogens is 1. The molecule has 0 aliphatic rings. The minimum Gasteiger partial charge on any atom is -0.321 e. The molecule has 1 heterocycles. The summed E-state index contributed by atoms with van der Waals surface area (Å²) >= 11 is 0. The van der Waals surface area contributed by atoms with Gasteiger partial charge >= 0.3 is 0 Å². The lowest BCUT2D eigenvalue weighted by atomic mass is 9.87. The van der Waals surface area contributed by atoms with Crippen molar-refractivity contribution in [3.63, 3.8) is 0 Å². The molecule has 0 unspecified atom stereocenters. The van der Waals surface area contributed by atoms with Crippen molar-refractivity contribution < 1.29 is 4.79 Å². The predicted molar refractivity (Wildman–Crippen MR) is 94.8 cm³/mol. The second-order valence-electron chi connectivity index (χ2n) is 6.66. The standard InChI is InChI=1S/C20H20N2O/c1-20(2,3)15-10-8-14(9-11-15)19(23)22-18-12-13-21-17-7-5-4-6-16(17)18/h4-13H,1-3H3,(H,21,22,23). The first-order valence-electron chi connectivity index (χ1n) is 7.71. The van der Waals surface area contributed by atoms with Crippen molar-refractivity contribution in [2.24, 2.45) is 0 Å². The maximum atomic E-state index is 12.5. The Morgan fingerprint density at radius 1 is 0.957 bits per heavy atom. The highest BCUT2D eigenvalue weighted by Crippen LogP contribution is 2.24. The van der Waals surface area contributed by atoms with Crippen molar-refractivity contribution in [3.8, 4) is 0 Å². The summed E-state index contributed by atoms with van der Waals surface area (Å²) in [6, 6.07) is 17.4. The SMILES string of the molecule is CC(C)(C)c1ccc(C(=O)Nc2ccnc3ccccc23)cc1. The molecule has 1 N–H and O–H groups in total. The van der Waals surface area contributed by atoms with Gasteiger partial charge in [0, 0.05) is 17.1 Å². The third-order valence-corrected chi connectivity index (χ3v) is 3.91. The van der Waals surface area contributed by atoms with E-state index < -0.39 is 0 Å². The number of pyridine rings is 1. The highest BCUT2D eigenvalue weighted by molar-refractivity contribution is 6.08. The van der Waals surface area contributed by atoms with Crippen molar-refractivity contribution in [2.45, 2.75) is 26.2 Å². The molecule has 0 radical (unpaired) electrons. The highest BCUT2D eigenvalue weighted by atomic mass is 16.1. The lowest BCUT2D eigenvalue weighted by Crippen LogP contribution is -2.14. The lowest BCUT2D eigenvalue weighted by Gasteiger charge is -2.19. The molecule has 0 bridgehead atoms. The molecule has 0 saturated heterocycles. The van der Waals surface area contributed by atoms with Crippen molar-refractivity contribution in [2.75, 3.05) is 5.32 Å². The van der Waals surface area contributed by atoms with Crippen LogP contribution in [0.2, 0.25) is 0 Å². The van der Waals surface area contributed by atoms with Crippen LogP contribution in [0, 0.1) is 0 Å². The zero-order chi connectivity index (χ0) is 16.4. The van der Waals surface area contributed by atoms with E-state index in [-0.39, 0.29) is 11.3 Å². The quantitative estimate of drug-likeness (QED) is 0.740. The molecule has 116 valence electrons.